The summed E-state index contributed by atoms with van der Waals surface area (Å²) >= 11 is 6.41. The van der Waals surface area contributed by atoms with E-state index in [0.717, 1.165) is 16.7 Å². The lowest BCUT2D eigenvalue weighted by Gasteiger charge is -2.36. The van der Waals surface area contributed by atoms with E-state index in [-0.39, 0.29) is 19.1 Å². The Bertz CT molecular complexity index is 1140. The van der Waals surface area contributed by atoms with Gasteiger partial charge in [0, 0.05) is 6.54 Å². The van der Waals surface area contributed by atoms with Gasteiger partial charge in [-0.15, -0.1) is 0 Å². The number of alkyl carbamates (subject to hydrolysis) is 1. The lowest BCUT2D eigenvalue weighted by molar-refractivity contribution is -0.141. The number of hydrogen-bond donors (Lipinski definition) is 3. The molecule has 2 unspecified atom stereocenters. The minimum absolute atomic E-state index is 0.0445. The van der Waals surface area contributed by atoms with Crippen LogP contribution >= 0.6 is 11.6 Å². The highest BCUT2D eigenvalue weighted by Crippen LogP contribution is 2.32. The van der Waals surface area contributed by atoms with Crippen LogP contribution in [-0.4, -0.2) is 52.7 Å². The van der Waals surface area contributed by atoms with Crippen molar-refractivity contribution in [1.82, 2.24) is 10.2 Å². The number of halogens is 1. The fraction of sp³-hybridized carbons (Fsp3) is 0.500. The number of aliphatic hydroxyl groups excluding tert-OH is 1. The van der Waals surface area contributed by atoms with Crippen LogP contribution < -0.4 is 10.6 Å². The van der Waals surface area contributed by atoms with Crippen molar-refractivity contribution in [2.24, 2.45) is 5.92 Å². The zero-order chi connectivity index (χ0) is 29.5. The molecule has 0 saturated carbocycles. The first kappa shape index (κ1) is 32.1. The molecule has 2 aromatic carbocycles. The second-order valence-corrected chi connectivity index (χ2v) is 11.6. The average Bonchev–Trinajstić information content (AvgIpc) is 2.80. The lowest BCUT2D eigenvalue weighted by atomic mass is 9.93. The molecular formula is C30H42ClN3O5. The van der Waals surface area contributed by atoms with Crippen molar-refractivity contribution in [3.8, 4) is 0 Å². The first-order valence-corrected chi connectivity index (χ1v) is 13.6. The zero-order valence-electron chi connectivity index (χ0n) is 24.2. The monoisotopic (exact) mass is 559 g/mol. The third kappa shape index (κ3) is 8.97. The summed E-state index contributed by atoms with van der Waals surface area (Å²) in [5, 5.41) is 16.0. The van der Waals surface area contributed by atoms with Crippen LogP contribution in [0.4, 0.5) is 10.5 Å². The first-order valence-electron chi connectivity index (χ1n) is 13.2. The SMILES string of the molecule is Cc1cccc(Cl)c1NC(=O)C(c1c(C)cccc1C)N(CCO)C(=O)C(CC(C)C)NC(=O)OC(C)(C)C. The summed E-state index contributed by atoms with van der Waals surface area (Å²) in [5.41, 5.74) is 2.71. The average molecular weight is 560 g/mol. The number of nitrogens with one attached hydrogen (secondary N) is 2. The molecule has 0 heterocycles. The fourth-order valence-corrected chi connectivity index (χ4v) is 4.76. The molecule has 3 N–H and O–H groups in total. The minimum Gasteiger partial charge on any atom is -0.444 e. The minimum atomic E-state index is -1.10. The number of carbonyl (C=O) groups excluding carboxylic acids is 3. The second kappa shape index (κ2) is 13.8. The van der Waals surface area contributed by atoms with Crippen molar-refractivity contribution in [3.05, 3.63) is 63.7 Å². The van der Waals surface area contributed by atoms with Gasteiger partial charge in [0.05, 0.1) is 17.3 Å². The van der Waals surface area contributed by atoms with Crippen molar-refractivity contribution in [2.45, 2.75) is 79.5 Å². The maximum atomic E-state index is 14.1. The van der Waals surface area contributed by atoms with E-state index in [1.807, 2.05) is 58.9 Å². The van der Waals surface area contributed by atoms with Crippen LogP contribution in [0.5, 0.6) is 0 Å². The molecule has 3 amide bonds. The van der Waals surface area contributed by atoms with E-state index in [0.29, 0.717) is 22.7 Å². The van der Waals surface area contributed by atoms with Crippen molar-refractivity contribution >= 4 is 35.2 Å². The summed E-state index contributed by atoms with van der Waals surface area (Å²) in [5.74, 6) is -0.934. The van der Waals surface area contributed by atoms with Gasteiger partial charge < -0.3 is 25.4 Å². The highest BCUT2D eigenvalue weighted by atomic mass is 35.5. The van der Waals surface area contributed by atoms with Gasteiger partial charge in [0.2, 0.25) is 5.91 Å². The Hall–Kier alpha value is -3.10. The third-order valence-electron chi connectivity index (χ3n) is 6.17. The Balaban J connectivity index is 2.61. The van der Waals surface area contributed by atoms with Crippen molar-refractivity contribution in [3.63, 3.8) is 0 Å². The first-order chi connectivity index (χ1) is 18.2. The van der Waals surface area contributed by atoms with E-state index in [1.165, 1.54) is 4.90 Å². The molecule has 0 aliphatic rings. The molecule has 0 bridgehead atoms. The highest BCUT2D eigenvalue weighted by Gasteiger charge is 2.38. The second-order valence-electron chi connectivity index (χ2n) is 11.2. The summed E-state index contributed by atoms with van der Waals surface area (Å²) in [7, 11) is 0. The largest absolute Gasteiger partial charge is 0.444 e. The van der Waals surface area contributed by atoms with Gasteiger partial charge in [0.1, 0.15) is 17.7 Å². The number of hydrogen-bond acceptors (Lipinski definition) is 5. The molecule has 0 aromatic heterocycles. The molecule has 2 rings (SSSR count). The molecule has 2 aromatic rings. The predicted molar refractivity (Wildman–Crippen MR) is 155 cm³/mol. The summed E-state index contributed by atoms with van der Waals surface area (Å²) in [6.45, 7) is 14.1. The van der Waals surface area contributed by atoms with Crippen LogP contribution in [0, 0.1) is 26.7 Å². The van der Waals surface area contributed by atoms with E-state index in [9.17, 15) is 19.5 Å². The van der Waals surface area contributed by atoms with Gasteiger partial charge in [0.15, 0.2) is 0 Å². The van der Waals surface area contributed by atoms with Gasteiger partial charge in [-0.1, -0.05) is 55.8 Å². The van der Waals surface area contributed by atoms with Gasteiger partial charge in [-0.3, -0.25) is 9.59 Å². The van der Waals surface area contributed by atoms with Crippen LogP contribution in [0.3, 0.4) is 0 Å². The van der Waals surface area contributed by atoms with E-state index in [1.54, 1.807) is 32.9 Å². The molecule has 0 spiro atoms. The van der Waals surface area contributed by atoms with Gasteiger partial charge in [-0.05, 0) is 82.2 Å². The van der Waals surface area contributed by atoms with Crippen LogP contribution in [-0.2, 0) is 14.3 Å². The number of para-hydroxylation sites is 1. The van der Waals surface area contributed by atoms with E-state index < -0.39 is 35.6 Å². The smallest absolute Gasteiger partial charge is 0.408 e. The quantitative estimate of drug-likeness (QED) is 0.346. The Morgan fingerprint density at radius 2 is 1.56 bits per heavy atom. The van der Waals surface area contributed by atoms with Gasteiger partial charge in [-0.25, -0.2) is 4.79 Å². The topological polar surface area (TPSA) is 108 Å². The Morgan fingerprint density at radius 3 is 2.08 bits per heavy atom. The summed E-state index contributed by atoms with van der Waals surface area (Å²) in [4.78, 5) is 42.2. The number of benzene rings is 2. The van der Waals surface area contributed by atoms with Crippen LogP contribution in [0.25, 0.3) is 0 Å². The van der Waals surface area contributed by atoms with Gasteiger partial charge >= 0.3 is 6.09 Å². The Morgan fingerprint density at radius 1 is 1.00 bits per heavy atom. The van der Waals surface area contributed by atoms with Crippen molar-refractivity contribution < 1.29 is 24.2 Å². The number of nitrogens with zero attached hydrogens (tertiary/aromatic N) is 1. The fourth-order valence-electron chi connectivity index (χ4n) is 4.49. The number of ether oxygens (including phenoxy) is 1. The summed E-state index contributed by atoms with van der Waals surface area (Å²) < 4.78 is 5.41. The lowest BCUT2D eigenvalue weighted by Crippen LogP contribution is -2.53. The molecule has 0 fully saturated rings. The van der Waals surface area contributed by atoms with Crippen molar-refractivity contribution in [2.75, 3.05) is 18.5 Å². The number of rotatable bonds is 10. The summed E-state index contributed by atoms with van der Waals surface area (Å²) in [6.07, 6.45) is -0.421. The molecule has 0 aliphatic carbocycles. The molecule has 39 heavy (non-hydrogen) atoms. The highest BCUT2D eigenvalue weighted by molar-refractivity contribution is 6.34. The van der Waals surface area contributed by atoms with Crippen molar-refractivity contribution in [1.29, 1.82) is 0 Å². The standard InChI is InChI=1S/C30H42ClN3O5/c1-18(2)17-23(32-29(38)39-30(6,7)8)28(37)34(15-16-35)26(24-19(3)11-9-12-20(24)4)27(36)33-25-21(5)13-10-14-22(25)31/h9-14,18,23,26,35H,15-17H2,1-8H3,(H,32,38)(H,33,36). The number of carbonyl (C=O) groups is 3. The zero-order valence-corrected chi connectivity index (χ0v) is 25.0. The normalized spacial score (nSPS) is 13.0. The number of aliphatic hydroxyl groups is 1. The molecular weight excluding hydrogens is 518 g/mol. The molecule has 0 aliphatic heterocycles. The van der Waals surface area contributed by atoms with Crippen LogP contribution in [0.1, 0.15) is 69.3 Å². The van der Waals surface area contributed by atoms with Crippen LogP contribution in [0.15, 0.2) is 36.4 Å². The van der Waals surface area contributed by atoms with Crippen LogP contribution in [0.2, 0.25) is 5.02 Å². The van der Waals surface area contributed by atoms with Gasteiger partial charge in [0.25, 0.3) is 5.91 Å². The van der Waals surface area contributed by atoms with E-state index in [4.69, 9.17) is 16.3 Å². The maximum absolute atomic E-state index is 14.1. The Labute approximate surface area is 237 Å². The number of anilines is 1. The molecule has 9 heteroatoms. The third-order valence-corrected chi connectivity index (χ3v) is 6.48. The van der Waals surface area contributed by atoms with E-state index >= 15 is 0 Å². The molecule has 0 saturated heterocycles. The molecule has 2 atom stereocenters. The van der Waals surface area contributed by atoms with Gasteiger partial charge in [-0.2, -0.15) is 0 Å². The van der Waals surface area contributed by atoms with E-state index in [2.05, 4.69) is 10.6 Å². The maximum Gasteiger partial charge on any atom is 0.408 e. The Kier molecular flexibility index (Phi) is 11.4. The molecule has 8 nitrogen and oxygen atoms in total. The molecule has 214 valence electrons. The number of amides is 3. The predicted octanol–water partition coefficient (Wildman–Crippen LogP) is 5.71. The summed E-state index contributed by atoms with van der Waals surface area (Å²) in [6, 6.07) is 8.84. The molecule has 0 radical (unpaired) electrons. The number of aryl methyl sites for hydroxylation is 3.